The van der Waals surface area contributed by atoms with Crippen molar-refractivity contribution in [1.82, 2.24) is 10.3 Å². The molecular weight excluding hydrogens is 418 g/mol. The third-order valence-corrected chi connectivity index (χ3v) is 6.62. The molecule has 2 atom stereocenters. The van der Waals surface area contributed by atoms with Crippen molar-refractivity contribution >= 4 is 39.8 Å². The first kappa shape index (κ1) is 20.8. The molecule has 1 aliphatic carbocycles. The van der Waals surface area contributed by atoms with E-state index in [0.29, 0.717) is 22.6 Å². The monoisotopic (exact) mass is 443 g/mol. The van der Waals surface area contributed by atoms with Crippen LogP contribution in [0, 0.1) is 0 Å². The molecule has 0 radical (unpaired) electrons. The summed E-state index contributed by atoms with van der Waals surface area (Å²) in [5.74, 6) is 1.18. The molecule has 5 nitrogen and oxygen atoms in total. The summed E-state index contributed by atoms with van der Waals surface area (Å²) in [6.07, 6.45) is 6.81. The highest BCUT2D eigenvalue weighted by Crippen LogP contribution is 2.44. The molecular formula is C26H25N3O2S. The number of carbonyl (C=O) groups excluding carboxylic acids is 1. The topological polar surface area (TPSA) is 63.6 Å². The first-order chi connectivity index (χ1) is 15.7. The van der Waals surface area contributed by atoms with Crippen LogP contribution < -0.4 is 10.1 Å². The maximum Gasteiger partial charge on any atom is 0.264 e. The summed E-state index contributed by atoms with van der Waals surface area (Å²) in [6, 6.07) is 18.6. The summed E-state index contributed by atoms with van der Waals surface area (Å²) in [5, 5.41) is 4.57. The summed E-state index contributed by atoms with van der Waals surface area (Å²) in [5.41, 5.74) is 3.14. The van der Waals surface area contributed by atoms with Crippen LogP contribution in [0.2, 0.25) is 0 Å². The number of nitrogens with one attached hydrogen (secondary N) is 1. The molecule has 5 rings (SSSR count). The second-order valence-corrected chi connectivity index (χ2v) is 9.14. The van der Waals surface area contributed by atoms with E-state index in [-0.39, 0.29) is 11.9 Å². The number of thioether (sulfide) groups is 1. The van der Waals surface area contributed by atoms with E-state index in [2.05, 4.69) is 41.5 Å². The minimum absolute atomic E-state index is 0.101. The highest BCUT2D eigenvalue weighted by molar-refractivity contribution is 8.18. The van der Waals surface area contributed by atoms with Crippen molar-refractivity contribution in [3.05, 3.63) is 76.8 Å². The van der Waals surface area contributed by atoms with Crippen LogP contribution in [0.1, 0.15) is 43.2 Å². The van der Waals surface area contributed by atoms with Crippen molar-refractivity contribution in [2.24, 2.45) is 4.99 Å². The van der Waals surface area contributed by atoms with E-state index < -0.39 is 0 Å². The molecule has 1 saturated heterocycles. The van der Waals surface area contributed by atoms with E-state index in [9.17, 15) is 4.79 Å². The van der Waals surface area contributed by atoms with Gasteiger partial charge in [-0.3, -0.25) is 14.8 Å². The summed E-state index contributed by atoms with van der Waals surface area (Å²) in [4.78, 5) is 22.4. The Kier molecular flexibility index (Phi) is 5.95. The van der Waals surface area contributed by atoms with Crippen LogP contribution in [-0.4, -0.2) is 28.7 Å². The van der Waals surface area contributed by atoms with Gasteiger partial charge in [0.2, 0.25) is 0 Å². The zero-order valence-electron chi connectivity index (χ0n) is 18.0. The maximum atomic E-state index is 12.5. The first-order valence-corrected chi connectivity index (χ1v) is 11.9. The number of pyridine rings is 1. The predicted octanol–water partition coefficient (Wildman–Crippen LogP) is 5.53. The molecule has 6 heteroatoms. The number of nitrogens with zero attached hydrogens (tertiary/aromatic N) is 2. The van der Waals surface area contributed by atoms with Crippen LogP contribution in [0.3, 0.4) is 0 Å². The molecule has 2 fully saturated rings. The number of ether oxygens (including phenoxy) is 1. The number of hydrogen-bond acceptors (Lipinski definition) is 5. The van der Waals surface area contributed by atoms with Gasteiger partial charge in [0.05, 0.1) is 23.1 Å². The molecule has 2 aliphatic rings. The Morgan fingerprint density at radius 1 is 1.22 bits per heavy atom. The van der Waals surface area contributed by atoms with Gasteiger partial charge in [-0.05, 0) is 60.0 Å². The van der Waals surface area contributed by atoms with Gasteiger partial charge in [0.15, 0.2) is 5.17 Å². The lowest BCUT2D eigenvalue weighted by molar-refractivity contribution is -0.115. The molecule has 2 heterocycles. The number of aromatic nitrogens is 1. The molecule has 3 aromatic rings. The standard InChI is InChI=1S/C26H25N3O2S/c1-2-3-13-31-23-11-12-27-21-10-9-17(14-20(21)23)15-24-25(30)29-26(32-24)28-22-16-19(22)18-7-5-4-6-8-18/h4-12,14-15,19,22H,2-3,13,16H2,1H3,(H,28,29,30)/t19-,22+/m1/s1. The van der Waals surface area contributed by atoms with Crippen molar-refractivity contribution in [2.45, 2.75) is 38.1 Å². The van der Waals surface area contributed by atoms with E-state index in [1.165, 1.54) is 17.3 Å². The van der Waals surface area contributed by atoms with Gasteiger partial charge >= 0.3 is 0 Å². The van der Waals surface area contributed by atoms with Gasteiger partial charge in [-0.1, -0.05) is 49.7 Å². The number of amides is 1. The number of fused-ring (bicyclic) bond motifs is 1. The average molecular weight is 444 g/mol. The Hall–Kier alpha value is -3.12. The Bertz CT molecular complexity index is 1210. The van der Waals surface area contributed by atoms with Crippen molar-refractivity contribution in [1.29, 1.82) is 0 Å². The smallest absolute Gasteiger partial charge is 0.264 e. The fourth-order valence-electron chi connectivity index (χ4n) is 3.85. The molecule has 1 aromatic heterocycles. The molecule has 0 unspecified atom stereocenters. The molecule has 0 bridgehead atoms. The highest BCUT2D eigenvalue weighted by atomic mass is 32.2. The van der Waals surface area contributed by atoms with Crippen LogP contribution in [0.15, 0.2) is 70.7 Å². The number of amidine groups is 1. The SMILES string of the molecule is CCCCOc1ccnc2ccc(C=C3SC(=N[C@H]4C[C@@H]4c4ccccc4)NC3=O)cc12. The summed E-state index contributed by atoms with van der Waals surface area (Å²) < 4.78 is 5.96. The normalized spacial score (nSPS) is 22.5. The molecule has 0 spiro atoms. The lowest BCUT2D eigenvalue weighted by atomic mass is 10.1. The van der Waals surface area contributed by atoms with Crippen molar-refractivity contribution in [3.63, 3.8) is 0 Å². The number of unbranched alkanes of at least 4 members (excludes halogenated alkanes) is 1. The van der Waals surface area contributed by atoms with E-state index >= 15 is 0 Å². The van der Waals surface area contributed by atoms with Crippen LogP contribution in [0.4, 0.5) is 0 Å². The molecule has 32 heavy (non-hydrogen) atoms. The fourth-order valence-corrected chi connectivity index (χ4v) is 4.73. The molecule has 162 valence electrons. The Morgan fingerprint density at radius 3 is 2.94 bits per heavy atom. The van der Waals surface area contributed by atoms with Gasteiger partial charge in [-0.2, -0.15) is 0 Å². The quantitative estimate of drug-likeness (QED) is 0.385. The van der Waals surface area contributed by atoms with Gasteiger partial charge in [-0.15, -0.1) is 0 Å². The summed E-state index contributed by atoms with van der Waals surface area (Å²) in [6.45, 7) is 2.83. The Morgan fingerprint density at radius 2 is 2.09 bits per heavy atom. The second kappa shape index (κ2) is 9.17. The maximum absolute atomic E-state index is 12.5. The molecule has 1 aliphatic heterocycles. The Labute approximate surface area is 192 Å². The predicted molar refractivity (Wildman–Crippen MR) is 131 cm³/mol. The molecule has 1 saturated carbocycles. The fraction of sp³-hybridized carbons (Fsp3) is 0.269. The van der Waals surface area contributed by atoms with Gasteiger partial charge < -0.3 is 10.1 Å². The highest BCUT2D eigenvalue weighted by Gasteiger charge is 2.39. The van der Waals surface area contributed by atoms with Crippen LogP contribution >= 0.6 is 11.8 Å². The third kappa shape index (κ3) is 4.55. The van der Waals surface area contributed by atoms with Crippen LogP contribution in [-0.2, 0) is 4.79 Å². The van der Waals surface area contributed by atoms with E-state index in [4.69, 9.17) is 9.73 Å². The van der Waals surface area contributed by atoms with Gasteiger partial charge in [0, 0.05) is 17.5 Å². The zero-order chi connectivity index (χ0) is 21.9. The molecule has 2 aromatic carbocycles. The average Bonchev–Trinajstić information content (AvgIpc) is 3.50. The minimum atomic E-state index is -0.101. The third-order valence-electron chi connectivity index (χ3n) is 5.70. The first-order valence-electron chi connectivity index (χ1n) is 11.1. The van der Waals surface area contributed by atoms with Crippen molar-refractivity contribution < 1.29 is 9.53 Å². The lowest BCUT2D eigenvalue weighted by Crippen LogP contribution is -2.20. The largest absolute Gasteiger partial charge is 0.493 e. The Balaban J connectivity index is 1.32. The number of hydrogen-bond donors (Lipinski definition) is 1. The number of rotatable bonds is 7. The molecule has 1 amide bonds. The number of carbonyl (C=O) groups is 1. The van der Waals surface area contributed by atoms with E-state index in [1.54, 1.807) is 6.20 Å². The van der Waals surface area contributed by atoms with Crippen LogP contribution in [0.5, 0.6) is 5.75 Å². The second-order valence-electron chi connectivity index (χ2n) is 8.11. The number of benzene rings is 2. The molecule has 1 N–H and O–H groups in total. The number of aliphatic imine (C=N–C) groups is 1. The summed E-state index contributed by atoms with van der Waals surface area (Å²) >= 11 is 1.41. The lowest BCUT2D eigenvalue weighted by Gasteiger charge is -2.09. The zero-order valence-corrected chi connectivity index (χ0v) is 18.8. The van der Waals surface area contributed by atoms with E-state index in [0.717, 1.165) is 41.5 Å². The van der Waals surface area contributed by atoms with Gasteiger partial charge in [0.1, 0.15) is 5.75 Å². The van der Waals surface area contributed by atoms with Gasteiger partial charge in [0.25, 0.3) is 5.91 Å². The van der Waals surface area contributed by atoms with Gasteiger partial charge in [-0.25, -0.2) is 0 Å². The van der Waals surface area contributed by atoms with Crippen molar-refractivity contribution in [3.8, 4) is 5.75 Å². The summed E-state index contributed by atoms with van der Waals surface area (Å²) in [7, 11) is 0. The minimum Gasteiger partial charge on any atom is -0.493 e. The van der Waals surface area contributed by atoms with Crippen LogP contribution in [0.25, 0.3) is 17.0 Å². The van der Waals surface area contributed by atoms with Crippen molar-refractivity contribution in [2.75, 3.05) is 6.61 Å². The van der Waals surface area contributed by atoms with E-state index in [1.807, 2.05) is 36.4 Å².